The molecule has 0 bridgehead atoms. The fourth-order valence-corrected chi connectivity index (χ4v) is 2.52. The molecule has 0 aliphatic heterocycles. The van der Waals surface area contributed by atoms with Crippen LogP contribution in [0.1, 0.15) is 21.7 Å². The maximum Gasteiger partial charge on any atom is 0.305 e. The van der Waals surface area contributed by atoms with E-state index in [1.165, 1.54) is 0 Å². The van der Waals surface area contributed by atoms with E-state index in [1.807, 2.05) is 60.7 Å². The van der Waals surface area contributed by atoms with Crippen molar-refractivity contribution in [3.8, 4) is 0 Å². The third kappa shape index (κ3) is 3.06. The molecule has 0 atom stereocenters. The van der Waals surface area contributed by atoms with E-state index >= 15 is 0 Å². The van der Waals surface area contributed by atoms with Crippen molar-refractivity contribution in [2.24, 2.45) is 0 Å². The average molecular weight is 292 g/mol. The standard InChI is InChI=1S/C18H16N2O2/c21-18(22)17-19(13-15-7-3-1-4-8-15)11-12-20(17)14-16-9-5-2-6-10-16/h1-12H,13-14H2. The molecule has 4 heteroatoms. The average Bonchev–Trinajstić information content (AvgIpc) is 2.92. The van der Waals surface area contributed by atoms with Crippen molar-refractivity contribution in [1.29, 1.82) is 0 Å². The number of hydrogen-bond acceptors (Lipinski definition) is 2. The number of hydrogen-bond donors (Lipinski definition) is 0. The summed E-state index contributed by atoms with van der Waals surface area (Å²) >= 11 is 0. The van der Waals surface area contributed by atoms with Crippen LogP contribution in [0.25, 0.3) is 0 Å². The van der Waals surface area contributed by atoms with Crippen molar-refractivity contribution in [3.05, 3.63) is 90.0 Å². The largest absolute Gasteiger partial charge is 0.538 e. The second kappa shape index (κ2) is 6.26. The van der Waals surface area contributed by atoms with E-state index in [4.69, 9.17) is 0 Å². The normalized spacial score (nSPS) is 10.5. The van der Waals surface area contributed by atoms with Gasteiger partial charge in [0, 0.05) is 0 Å². The molecule has 1 aromatic heterocycles. The van der Waals surface area contributed by atoms with Gasteiger partial charge in [0.1, 0.15) is 25.5 Å². The fourth-order valence-electron chi connectivity index (χ4n) is 2.52. The van der Waals surface area contributed by atoms with Crippen LogP contribution in [-0.2, 0) is 13.1 Å². The quantitative estimate of drug-likeness (QED) is 0.664. The van der Waals surface area contributed by atoms with Crippen LogP contribution < -0.4 is 9.67 Å². The highest BCUT2D eigenvalue weighted by atomic mass is 16.4. The second-order valence-electron chi connectivity index (χ2n) is 5.14. The van der Waals surface area contributed by atoms with E-state index < -0.39 is 5.97 Å². The van der Waals surface area contributed by atoms with Crippen LogP contribution in [-0.4, -0.2) is 10.5 Å². The lowest BCUT2D eigenvalue weighted by Crippen LogP contribution is -2.44. The van der Waals surface area contributed by atoms with Gasteiger partial charge in [0.2, 0.25) is 0 Å². The number of aromatic carboxylic acids is 1. The maximum absolute atomic E-state index is 11.5. The van der Waals surface area contributed by atoms with Crippen LogP contribution in [0.15, 0.2) is 73.1 Å². The molecular formula is C18H16N2O2. The molecular weight excluding hydrogens is 276 g/mol. The minimum atomic E-state index is -1.17. The number of carboxylic acid groups (broad SMARTS) is 1. The van der Waals surface area contributed by atoms with Crippen molar-refractivity contribution in [3.63, 3.8) is 0 Å². The van der Waals surface area contributed by atoms with E-state index in [0.29, 0.717) is 13.1 Å². The summed E-state index contributed by atoms with van der Waals surface area (Å²) in [7, 11) is 0. The number of carbonyl (C=O) groups is 1. The van der Waals surface area contributed by atoms with Gasteiger partial charge in [0.25, 0.3) is 0 Å². The van der Waals surface area contributed by atoms with Crippen LogP contribution in [0, 0.1) is 0 Å². The summed E-state index contributed by atoms with van der Waals surface area (Å²) in [6.07, 6.45) is 3.56. The minimum absolute atomic E-state index is 0.174. The Bertz CT molecular complexity index is 705. The third-order valence-electron chi connectivity index (χ3n) is 3.54. The van der Waals surface area contributed by atoms with Crippen LogP contribution in [0.3, 0.4) is 0 Å². The molecule has 22 heavy (non-hydrogen) atoms. The molecule has 3 rings (SSSR count). The SMILES string of the molecule is O=C([O-])c1n(Cc2ccccc2)cc[n+]1Cc1ccccc1. The van der Waals surface area contributed by atoms with Gasteiger partial charge in [-0.3, -0.25) is 0 Å². The summed E-state index contributed by atoms with van der Waals surface area (Å²) in [5.74, 6) is -0.996. The molecule has 0 spiro atoms. The highest BCUT2D eigenvalue weighted by Crippen LogP contribution is 2.06. The summed E-state index contributed by atoms with van der Waals surface area (Å²) in [5.41, 5.74) is 2.10. The lowest BCUT2D eigenvalue weighted by Gasteiger charge is -2.06. The summed E-state index contributed by atoms with van der Waals surface area (Å²) in [5, 5.41) is 11.5. The van der Waals surface area contributed by atoms with Crippen LogP contribution >= 0.6 is 0 Å². The smallest absolute Gasteiger partial charge is 0.305 e. The molecule has 0 radical (unpaired) electrons. The molecule has 4 nitrogen and oxygen atoms in total. The number of rotatable bonds is 5. The van der Waals surface area contributed by atoms with Gasteiger partial charge < -0.3 is 9.90 Å². The first kappa shape index (κ1) is 14.1. The Kier molecular flexibility index (Phi) is 4.01. The van der Waals surface area contributed by atoms with Crippen molar-refractivity contribution >= 4 is 5.97 Å². The summed E-state index contributed by atoms with van der Waals surface area (Å²) in [6.45, 7) is 1.01. The molecule has 0 amide bonds. The van der Waals surface area contributed by atoms with Gasteiger partial charge in [-0.05, 0) is 11.1 Å². The van der Waals surface area contributed by atoms with E-state index in [0.717, 1.165) is 11.1 Å². The minimum Gasteiger partial charge on any atom is -0.538 e. The van der Waals surface area contributed by atoms with Crippen molar-refractivity contribution in [2.75, 3.05) is 0 Å². The fraction of sp³-hybridized carbons (Fsp3) is 0.111. The van der Waals surface area contributed by atoms with E-state index in [9.17, 15) is 9.90 Å². The number of imidazole rings is 1. The zero-order chi connectivity index (χ0) is 15.4. The lowest BCUT2D eigenvalue weighted by molar-refractivity contribution is -0.692. The molecule has 110 valence electrons. The van der Waals surface area contributed by atoms with Gasteiger partial charge in [0.15, 0.2) is 5.97 Å². The van der Waals surface area contributed by atoms with Crippen molar-refractivity contribution in [1.82, 2.24) is 4.57 Å². The number of nitrogens with zero attached hydrogens (tertiary/aromatic N) is 2. The van der Waals surface area contributed by atoms with E-state index in [-0.39, 0.29) is 5.82 Å². The first-order chi connectivity index (χ1) is 10.7. The highest BCUT2D eigenvalue weighted by Gasteiger charge is 2.18. The first-order valence-electron chi connectivity index (χ1n) is 7.12. The summed E-state index contributed by atoms with van der Waals surface area (Å²) in [6, 6.07) is 19.5. The van der Waals surface area contributed by atoms with Gasteiger partial charge in [-0.2, -0.15) is 0 Å². The Morgan fingerprint density at radius 3 is 2.14 bits per heavy atom. The Morgan fingerprint density at radius 1 is 0.955 bits per heavy atom. The number of carbonyl (C=O) groups excluding carboxylic acids is 1. The predicted molar refractivity (Wildman–Crippen MR) is 80.0 cm³/mol. The Morgan fingerprint density at radius 2 is 1.55 bits per heavy atom. The second-order valence-corrected chi connectivity index (χ2v) is 5.14. The molecule has 0 saturated carbocycles. The Labute approximate surface area is 128 Å². The molecule has 1 heterocycles. The van der Waals surface area contributed by atoms with Gasteiger partial charge in [-0.15, -0.1) is 0 Å². The molecule has 0 aliphatic carbocycles. The first-order valence-corrected chi connectivity index (χ1v) is 7.12. The Hall–Kier alpha value is -2.88. The van der Waals surface area contributed by atoms with Gasteiger partial charge >= 0.3 is 5.82 Å². The third-order valence-corrected chi connectivity index (χ3v) is 3.54. The molecule has 0 N–H and O–H groups in total. The van der Waals surface area contributed by atoms with Crippen molar-refractivity contribution < 1.29 is 14.5 Å². The number of benzene rings is 2. The van der Waals surface area contributed by atoms with Crippen LogP contribution in [0.2, 0.25) is 0 Å². The van der Waals surface area contributed by atoms with Crippen LogP contribution in [0.5, 0.6) is 0 Å². The lowest BCUT2D eigenvalue weighted by atomic mass is 10.2. The van der Waals surface area contributed by atoms with Crippen molar-refractivity contribution in [2.45, 2.75) is 13.1 Å². The van der Waals surface area contributed by atoms with E-state index in [1.54, 1.807) is 21.5 Å². The van der Waals surface area contributed by atoms with Gasteiger partial charge in [-0.25, -0.2) is 9.13 Å². The zero-order valence-corrected chi connectivity index (χ0v) is 12.1. The topological polar surface area (TPSA) is 48.9 Å². The molecule has 0 unspecified atom stereocenters. The number of aromatic nitrogens is 2. The van der Waals surface area contributed by atoms with Crippen LogP contribution in [0.4, 0.5) is 0 Å². The maximum atomic E-state index is 11.5. The molecule has 0 aliphatic rings. The molecule has 2 aromatic carbocycles. The highest BCUT2D eigenvalue weighted by molar-refractivity contribution is 5.79. The predicted octanol–water partition coefficient (Wildman–Crippen LogP) is 1.24. The molecule has 0 saturated heterocycles. The van der Waals surface area contributed by atoms with Gasteiger partial charge in [-0.1, -0.05) is 60.7 Å². The number of carboxylic acids is 1. The summed E-state index contributed by atoms with van der Waals surface area (Å²) in [4.78, 5) is 11.5. The molecule has 3 aromatic rings. The zero-order valence-electron chi connectivity index (χ0n) is 12.1. The molecule has 0 fully saturated rings. The van der Waals surface area contributed by atoms with E-state index in [2.05, 4.69) is 0 Å². The monoisotopic (exact) mass is 292 g/mol. The summed E-state index contributed by atoms with van der Waals surface area (Å²) < 4.78 is 3.40. The Balaban J connectivity index is 1.90. The van der Waals surface area contributed by atoms with Gasteiger partial charge in [0.05, 0.1) is 0 Å².